The number of primary amides is 1. The Balaban J connectivity index is 1.63. The summed E-state index contributed by atoms with van der Waals surface area (Å²) in [4.78, 5) is 11.4. The van der Waals surface area contributed by atoms with Gasteiger partial charge in [-0.05, 0) is 43.2 Å². The van der Waals surface area contributed by atoms with Crippen LogP contribution in [0.3, 0.4) is 0 Å². The van der Waals surface area contributed by atoms with Crippen molar-refractivity contribution in [3.05, 3.63) is 41.2 Å². The number of nitrogens with zero attached hydrogens (tertiary/aromatic N) is 3. The van der Waals surface area contributed by atoms with Crippen LogP contribution < -0.4 is 5.73 Å². The molecule has 1 atom stereocenters. The minimum absolute atomic E-state index is 0.176. The number of nitrogens with two attached hydrogens (primary N) is 1. The van der Waals surface area contributed by atoms with Gasteiger partial charge in [0.05, 0.1) is 0 Å². The summed E-state index contributed by atoms with van der Waals surface area (Å²) in [7, 11) is 0. The SMILES string of the molecule is NC(=O)Cn1c(SC2CCCc3ccccc32)nnc1C1CC1. The van der Waals surface area contributed by atoms with Crippen molar-refractivity contribution in [1.29, 1.82) is 0 Å². The second-order valence-corrected chi connectivity index (χ2v) is 7.53. The van der Waals surface area contributed by atoms with Gasteiger partial charge in [-0.1, -0.05) is 36.0 Å². The molecular weight excluding hydrogens is 308 g/mol. The number of carbonyl (C=O) groups is 1. The molecule has 2 aliphatic rings. The quantitative estimate of drug-likeness (QED) is 0.916. The molecule has 4 rings (SSSR count). The van der Waals surface area contributed by atoms with Gasteiger partial charge in [0.15, 0.2) is 5.16 Å². The van der Waals surface area contributed by atoms with Crippen LogP contribution >= 0.6 is 11.8 Å². The normalized spacial score (nSPS) is 20.3. The molecule has 1 aromatic heterocycles. The standard InChI is InChI=1S/C17H20N4OS/c18-15(22)10-21-16(12-8-9-12)19-20-17(21)23-14-7-3-5-11-4-1-2-6-13(11)14/h1-2,4,6,12,14H,3,5,7-10H2,(H2,18,22). The van der Waals surface area contributed by atoms with Crippen molar-refractivity contribution in [2.24, 2.45) is 5.73 Å². The van der Waals surface area contributed by atoms with Crippen molar-refractivity contribution in [2.75, 3.05) is 0 Å². The molecule has 23 heavy (non-hydrogen) atoms. The van der Waals surface area contributed by atoms with Gasteiger partial charge in [0.25, 0.3) is 0 Å². The molecule has 0 saturated heterocycles. The number of aromatic nitrogens is 3. The summed E-state index contributed by atoms with van der Waals surface area (Å²) in [6.45, 7) is 0.176. The Hall–Kier alpha value is -1.82. The summed E-state index contributed by atoms with van der Waals surface area (Å²) in [5, 5.41) is 9.91. The Labute approximate surface area is 139 Å². The van der Waals surface area contributed by atoms with Crippen LogP contribution in [0.1, 0.15) is 53.8 Å². The van der Waals surface area contributed by atoms with Gasteiger partial charge in [-0.25, -0.2) is 0 Å². The fourth-order valence-corrected chi connectivity index (χ4v) is 4.56. The number of rotatable bonds is 5. The zero-order chi connectivity index (χ0) is 15.8. The molecule has 5 nitrogen and oxygen atoms in total. The van der Waals surface area contributed by atoms with Crippen LogP contribution in [-0.4, -0.2) is 20.7 Å². The highest BCUT2D eigenvalue weighted by molar-refractivity contribution is 7.99. The molecule has 1 heterocycles. The maximum Gasteiger partial charge on any atom is 0.237 e. The van der Waals surface area contributed by atoms with E-state index >= 15 is 0 Å². The van der Waals surface area contributed by atoms with Crippen molar-refractivity contribution in [2.45, 2.75) is 55.0 Å². The van der Waals surface area contributed by atoms with Gasteiger partial charge in [-0.2, -0.15) is 0 Å². The van der Waals surface area contributed by atoms with E-state index in [-0.39, 0.29) is 12.5 Å². The topological polar surface area (TPSA) is 73.8 Å². The zero-order valence-corrected chi connectivity index (χ0v) is 13.8. The lowest BCUT2D eigenvalue weighted by Gasteiger charge is -2.24. The predicted molar refractivity (Wildman–Crippen MR) is 89.2 cm³/mol. The molecular formula is C17H20N4OS. The molecule has 120 valence electrons. The third-order valence-electron chi connectivity index (χ3n) is 4.56. The van der Waals surface area contributed by atoms with Crippen LogP contribution in [0, 0.1) is 0 Å². The predicted octanol–water partition coefficient (Wildman–Crippen LogP) is 2.81. The number of amides is 1. The van der Waals surface area contributed by atoms with Crippen molar-refractivity contribution in [3.63, 3.8) is 0 Å². The third kappa shape index (κ3) is 3.00. The minimum atomic E-state index is -0.336. The summed E-state index contributed by atoms with van der Waals surface area (Å²) in [5.74, 6) is 1.04. The summed E-state index contributed by atoms with van der Waals surface area (Å²) >= 11 is 1.72. The fraction of sp³-hybridized carbons (Fsp3) is 0.471. The van der Waals surface area contributed by atoms with E-state index in [9.17, 15) is 4.79 Å². The Morgan fingerprint density at radius 2 is 2.09 bits per heavy atom. The highest BCUT2D eigenvalue weighted by Crippen LogP contribution is 2.45. The van der Waals surface area contributed by atoms with Crippen LogP contribution in [0.5, 0.6) is 0 Å². The molecule has 0 bridgehead atoms. The number of fused-ring (bicyclic) bond motifs is 1. The molecule has 1 unspecified atom stereocenters. The van der Waals surface area contributed by atoms with Gasteiger partial charge >= 0.3 is 0 Å². The van der Waals surface area contributed by atoms with Crippen LogP contribution in [0.2, 0.25) is 0 Å². The molecule has 1 fully saturated rings. The van der Waals surface area contributed by atoms with Crippen molar-refractivity contribution < 1.29 is 4.79 Å². The van der Waals surface area contributed by atoms with Crippen LogP contribution in [0.4, 0.5) is 0 Å². The monoisotopic (exact) mass is 328 g/mol. The van der Waals surface area contributed by atoms with Gasteiger partial charge in [0, 0.05) is 11.2 Å². The minimum Gasteiger partial charge on any atom is -0.368 e. The molecule has 1 amide bonds. The molecule has 2 N–H and O–H groups in total. The van der Waals surface area contributed by atoms with E-state index in [4.69, 9.17) is 5.73 Å². The average Bonchev–Trinajstić information content (AvgIpc) is 3.32. The molecule has 6 heteroatoms. The Kier molecular flexibility index (Phi) is 3.85. The van der Waals surface area contributed by atoms with Crippen LogP contribution in [-0.2, 0) is 17.8 Å². The molecule has 0 radical (unpaired) electrons. The van der Waals surface area contributed by atoms with Crippen molar-refractivity contribution in [1.82, 2.24) is 14.8 Å². The first-order valence-corrected chi connectivity index (χ1v) is 9.06. The van der Waals surface area contributed by atoms with Gasteiger partial charge in [-0.3, -0.25) is 9.36 Å². The second-order valence-electron chi connectivity index (χ2n) is 6.37. The van der Waals surface area contributed by atoms with Crippen molar-refractivity contribution >= 4 is 17.7 Å². The largest absolute Gasteiger partial charge is 0.368 e. The van der Waals surface area contributed by atoms with Gasteiger partial charge in [0.1, 0.15) is 12.4 Å². The van der Waals surface area contributed by atoms with E-state index in [0.717, 1.165) is 36.7 Å². The Bertz CT molecular complexity index is 738. The molecule has 2 aliphatic carbocycles. The average molecular weight is 328 g/mol. The smallest absolute Gasteiger partial charge is 0.237 e. The number of hydrogen-bond donors (Lipinski definition) is 1. The van der Waals surface area contributed by atoms with Gasteiger partial charge in [-0.15, -0.1) is 10.2 Å². The molecule has 2 aromatic rings. The lowest BCUT2D eigenvalue weighted by atomic mass is 9.91. The van der Waals surface area contributed by atoms with E-state index in [1.807, 2.05) is 4.57 Å². The number of thioether (sulfide) groups is 1. The van der Waals surface area contributed by atoms with E-state index in [1.165, 1.54) is 17.5 Å². The maximum atomic E-state index is 11.4. The maximum absolute atomic E-state index is 11.4. The Morgan fingerprint density at radius 1 is 1.26 bits per heavy atom. The van der Waals surface area contributed by atoms with Gasteiger partial charge < -0.3 is 5.73 Å². The molecule has 0 spiro atoms. The number of benzene rings is 1. The lowest BCUT2D eigenvalue weighted by molar-refractivity contribution is -0.118. The van der Waals surface area contributed by atoms with E-state index in [0.29, 0.717) is 11.2 Å². The zero-order valence-electron chi connectivity index (χ0n) is 12.9. The Morgan fingerprint density at radius 3 is 2.87 bits per heavy atom. The first-order valence-electron chi connectivity index (χ1n) is 8.18. The molecule has 1 aromatic carbocycles. The summed E-state index contributed by atoms with van der Waals surface area (Å²) < 4.78 is 1.93. The highest BCUT2D eigenvalue weighted by Gasteiger charge is 2.32. The highest BCUT2D eigenvalue weighted by atomic mass is 32.2. The van der Waals surface area contributed by atoms with Crippen molar-refractivity contribution in [3.8, 4) is 0 Å². The molecule has 0 aliphatic heterocycles. The summed E-state index contributed by atoms with van der Waals surface area (Å²) in [5.41, 5.74) is 8.25. The first kappa shape index (κ1) is 14.8. The lowest BCUT2D eigenvalue weighted by Crippen LogP contribution is -2.21. The summed E-state index contributed by atoms with van der Waals surface area (Å²) in [6.07, 6.45) is 5.73. The second kappa shape index (κ2) is 6.00. The first-order chi connectivity index (χ1) is 11.2. The summed E-state index contributed by atoms with van der Waals surface area (Å²) in [6, 6.07) is 8.63. The fourth-order valence-electron chi connectivity index (χ4n) is 3.29. The van der Waals surface area contributed by atoms with Crippen LogP contribution in [0.25, 0.3) is 0 Å². The number of hydrogen-bond acceptors (Lipinski definition) is 4. The van der Waals surface area contributed by atoms with Gasteiger partial charge in [0.2, 0.25) is 5.91 Å². The van der Waals surface area contributed by atoms with E-state index < -0.39 is 0 Å². The van der Waals surface area contributed by atoms with E-state index in [1.54, 1.807) is 11.8 Å². The third-order valence-corrected chi connectivity index (χ3v) is 5.85. The number of carbonyl (C=O) groups excluding carboxylic acids is 1. The van der Waals surface area contributed by atoms with E-state index in [2.05, 4.69) is 34.5 Å². The van der Waals surface area contributed by atoms with Crippen LogP contribution in [0.15, 0.2) is 29.4 Å². The molecule has 1 saturated carbocycles. The number of aryl methyl sites for hydroxylation is 1.